The molecule has 0 aliphatic heterocycles. The minimum absolute atomic E-state index is 0.348. The average molecular weight is 361 g/mol. The lowest BCUT2D eigenvalue weighted by Gasteiger charge is -2.14. The van der Waals surface area contributed by atoms with Crippen LogP contribution in [0.2, 0.25) is 0 Å². The van der Waals surface area contributed by atoms with Crippen LogP contribution in [0.4, 0.5) is 0 Å². The number of rotatable bonds is 3. The largest absolute Gasteiger partial charge is 0.497 e. The van der Waals surface area contributed by atoms with Gasteiger partial charge in [-0.05, 0) is 38.8 Å². The normalized spacial score (nSPS) is 11.2. The Morgan fingerprint density at radius 2 is 1.29 bits per heavy atom. The van der Waals surface area contributed by atoms with Crippen molar-refractivity contribution in [3.63, 3.8) is 0 Å². The Kier molecular flexibility index (Phi) is 4.18. The van der Waals surface area contributed by atoms with Gasteiger partial charge in [0, 0.05) is 26.1 Å². The summed E-state index contributed by atoms with van der Waals surface area (Å²) in [6, 6.07) is 0. The fraction of sp³-hybridized carbons (Fsp3) is 0.316. The van der Waals surface area contributed by atoms with Crippen molar-refractivity contribution in [3.05, 3.63) is 38.6 Å². The summed E-state index contributed by atoms with van der Waals surface area (Å²) in [5, 5.41) is 2.02. The zero-order chi connectivity index (χ0) is 17.8. The van der Waals surface area contributed by atoms with E-state index < -0.39 is 0 Å². The van der Waals surface area contributed by atoms with Gasteiger partial charge in [-0.15, -0.1) is 22.7 Å². The highest BCUT2D eigenvalue weighted by Crippen LogP contribution is 2.47. The van der Waals surface area contributed by atoms with E-state index in [9.17, 15) is 4.79 Å². The Hall–Kier alpha value is -1.85. The molecule has 1 aromatic carbocycles. The number of ether oxygens (including phenoxy) is 2. The third kappa shape index (κ3) is 2.19. The maximum atomic E-state index is 12.7. The lowest BCUT2D eigenvalue weighted by atomic mass is 9.94. The number of benzene rings is 1. The molecule has 0 saturated carbocycles. The van der Waals surface area contributed by atoms with Crippen LogP contribution in [0.3, 0.4) is 0 Å². The molecular weight excluding hydrogens is 340 g/mol. The first-order chi connectivity index (χ1) is 11.3. The van der Waals surface area contributed by atoms with E-state index in [4.69, 9.17) is 9.47 Å². The SMILES string of the molecule is C=C(OC)c1c(C(=O)OC)c2c(C)c(C)sc2c2sc(C)c(C)c12. The van der Waals surface area contributed by atoms with E-state index in [1.54, 1.807) is 29.8 Å². The number of fused-ring (bicyclic) bond motifs is 3. The maximum Gasteiger partial charge on any atom is 0.339 e. The first-order valence-electron chi connectivity index (χ1n) is 7.60. The number of hydrogen-bond donors (Lipinski definition) is 0. The monoisotopic (exact) mass is 360 g/mol. The highest BCUT2D eigenvalue weighted by molar-refractivity contribution is 7.27. The van der Waals surface area contributed by atoms with E-state index >= 15 is 0 Å². The molecule has 0 saturated heterocycles. The van der Waals surface area contributed by atoms with Crippen molar-refractivity contribution in [2.45, 2.75) is 27.7 Å². The van der Waals surface area contributed by atoms with Gasteiger partial charge < -0.3 is 9.47 Å². The third-order valence-electron chi connectivity index (χ3n) is 4.64. The first-order valence-corrected chi connectivity index (χ1v) is 9.23. The molecule has 126 valence electrons. The molecule has 3 nitrogen and oxygen atoms in total. The maximum absolute atomic E-state index is 12.7. The van der Waals surface area contributed by atoms with Crippen LogP contribution >= 0.6 is 22.7 Å². The second kappa shape index (κ2) is 5.90. The molecule has 0 unspecified atom stereocenters. The molecule has 0 radical (unpaired) electrons. The van der Waals surface area contributed by atoms with Crippen LogP contribution in [-0.4, -0.2) is 20.2 Å². The third-order valence-corrected chi connectivity index (χ3v) is 7.22. The van der Waals surface area contributed by atoms with E-state index in [1.165, 1.54) is 27.1 Å². The summed E-state index contributed by atoms with van der Waals surface area (Å²) in [4.78, 5) is 15.1. The van der Waals surface area contributed by atoms with Crippen LogP contribution in [-0.2, 0) is 9.47 Å². The fourth-order valence-electron chi connectivity index (χ4n) is 3.11. The summed E-state index contributed by atoms with van der Waals surface area (Å²) in [6.45, 7) is 12.4. The van der Waals surface area contributed by atoms with Crippen molar-refractivity contribution in [2.75, 3.05) is 14.2 Å². The number of thiophene rings is 2. The topological polar surface area (TPSA) is 35.5 Å². The summed E-state index contributed by atoms with van der Waals surface area (Å²) < 4.78 is 12.9. The Bertz CT molecular complexity index is 924. The molecule has 3 rings (SSSR count). The fourth-order valence-corrected chi connectivity index (χ4v) is 5.59. The second-order valence-electron chi connectivity index (χ2n) is 5.84. The van der Waals surface area contributed by atoms with Gasteiger partial charge in [0.25, 0.3) is 0 Å². The van der Waals surface area contributed by atoms with E-state index in [0.717, 1.165) is 26.6 Å². The van der Waals surface area contributed by atoms with Crippen molar-refractivity contribution in [2.24, 2.45) is 0 Å². The lowest BCUT2D eigenvalue weighted by Crippen LogP contribution is -2.08. The number of aryl methyl sites for hydroxylation is 4. The number of hydrogen-bond acceptors (Lipinski definition) is 5. The van der Waals surface area contributed by atoms with Crippen molar-refractivity contribution in [3.8, 4) is 0 Å². The zero-order valence-corrected chi connectivity index (χ0v) is 16.4. The quantitative estimate of drug-likeness (QED) is 0.440. The molecule has 0 amide bonds. The minimum Gasteiger partial charge on any atom is -0.497 e. The van der Waals surface area contributed by atoms with Crippen LogP contribution in [0.5, 0.6) is 0 Å². The smallest absolute Gasteiger partial charge is 0.339 e. The van der Waals surface area contributed by atoms with E-state index in [0.29, 0.717) is 11.3 Å². The highest BCUT2D eigenvalue weighted by atomic mass is 32.1. The molecule has 0 aliphatic carbocycles. The van der Waals surface area contributed by atoms with Crippen LogP contribution < -0.4 is 0 Å². The molecular formula is C19H20O3S2. The van der Waals surface area contributed by atoms with Gasteiger partial charge in [-0.3, -0.25) is 0 Å². The molecule has 0 aliphatic rings. The van der Waals surface area contributed by atoms with Crippen molar-refractivity contribution < 1.29 is 14.3 Å². The van der Waals surface area contributed by atoms with Gasteiger partial charge in [-0.2, -0.15) is 0 Å². The van der Waals surface area contributed by atoms with Crippen molar-refractivity contribution in [1.29, 1.82) is 0 Å². The molecule has 0 bridgehead atoms. The summed E-state index contributed by atoms with van der Waals surface area (Å²) in [6.07, 6.45) is 0. The van der Waals surface area contributed by atoms with E-state index in [2.05, 4.69) is 34.3 Å². The van der Waals surface area contributed by atoms with Crippen molar-refractivity contribution >= 4 is 54.6 Å². The Labute approximate surface area is 149 Å². The first kappa shape index (κ1) is 17.0. The Morgan fingerprint density at radius 1 is 0.833 bits per heavy atom. The minimum atomic E-state index is -0.348. The Balaban J connectivity index is 2.70. The van der Waals surface area contributed by atoms with Crippen LogP contribution in [0.25, 0.3) is 25.9 Å². The summed E-state index contributed by atoms with van der Waals surface area (Å²) in [7, 11) is 3.00. The summed E-state index contributed by atoms with van der Waals surface area (Å²) >= 11 is 3.49. The zero-order valence-electron chi connectivity index (χ0n) is 14.7. The molecule has 0 spiro atoms. The van der Waals surface area contributed by atoms with Gasteiger partial charge in [-0.1, -0.05) is 6.58 Å². The van der Waals surface area contributed by atoms with Crippen LogP contribution in [0.1, 0.15) is 36.8 Å². The molecule has 2 heterocycles. The van der Waals surface area contributed by atoms with Crippen molar-refractivity contribution in [1.82, 2.24) is 0 Å². The number of methoxy groups -OCH3 is 2. The van der Waals surface area contributed by atoms with Gasteiger partial charge in [-0.25, -0.2) is 4.79 Å². The van der Waals surface area contributed by atoms with E-state index in [1.807, 2.05) is 0 Å². The van der Waals surface area contributed by atoms with Gasteiger partial charge >= 0.3 is 5.97 Å². The lowest BCUT2D eigenvalue weighted by molar-refractivity contribution is 0.0602. The van der Waals surface area contributed by atoms with E-state index in [-0.39, 0.29) is 5.97 Å². The molecule has 0 atom stereocenters. The average Bonchev–Trinajstić information content (AvgIpc) is 3.03. The highest BCUT2D eigenvalue weighted by Gasteiger charge is 2.28. The predicted octanol–water partition coefficient (Wildman–Crippen LogP) is 5.75. The standard InChI is InChI=1S/C19H20O3S2/c1-8-11(4)23-17-13(8)15(10(3)21-6)16(19(20)22-7)14-9(2)12(5)24-18(14)17/h3H2,1-2,4-7H3. The van der Waals surface area contributed by atoms with Crippen LogP contribution in [0.15, 0.2) is 6.58 Å². The summed E-state index contributed by atoms with van der Waals surface area (Å²) in [5.41, 5.74) is 3.61. The molecule has 5 heteroatoms. The summed E-state index contributed by atoms with van der Waals surface area (Å²) in [5.74, 6) is 0.144. The van der Waals surface area contributed by atoms with Gasteiger partial charge in [0.05, 0.1) is 29.2 Å². The predicted molar refractivity (Wildman–Crippen MR) is 104 cm³/mol. The molecule has 0 N–H and O–H groups in total. The van der Waals surface area contributed by atoms with Gasteiger partial charge in [0.2, 0.25) is 0 Å². The van der Waals surface area contributed by atoms with Crippen LogP contribution in [0, 0.1) is 27.7 Å². The second-order valence-corrected chi connectivity index (χ2v) is 8.29. The van der Waals surface area contributed by atoms with Gasteiger partial charge in [0.15, 0.2) is 0 Å². The number of carbonyl (C=O) groups is 1. The molecule has 2 aromatic heterocycles. The van der Waals surface area contributed by atoms with Gasteiger partial charge in [0.1, 0.15) is 5.76 Å². The molecule has 24 heavy (non-hydrogen) atoms. The number of esters is 1. The Morgan fingerprint density at radius 3 is 1.71 bits per heavy atom. The molecule has 3 aromatic rings. The number of carbonyl (C=O) groups excluding carboxylic acids is 1. The molecule has 0 fully saturated rings.